The number of carbonyl (C=O) groups excluding carboxylic acids is 1. The fraction of sp³-hybridized carbons (Fsp3) is 0.235. The molecular weight excluding hydrogens is 346 g/mol. The van der Waals surface area contributed by atoms with Gasteiger partial charge >= 0.3 is 0 Å². The molecule has 2 aromatic carbocycles. The molecule has 0 saturated heterocycles. The van der Waals surface area contributed by atoms with E-state index in [2.05, 4.69) is 21.2 Å². The van der Waals surface area contributed by atoms with Crippen LogP contribution in [0, 0.1) is 0 Å². The lowest BCUT2D eigenvalue weighted by atomic mass is 9.91. The van der Waals surface area contributed by atoms with E-state index in [9.17, 15) is 4.79 Å². The minimum absolute atomic E-state index is 0.110. The van der Waals surface area contributed by atoms with Crippen LogP contribution in [0.25, 0.3) is 0 Å². The summed E-state index contributed by atoms with van der Waals surface area (Å²) >= 11 is 3.44. The Morgan fingerprint density at radius 1 is 1.14 bits per heavy atom. The average molecular weight is 362 g/mol. The van der Waals surface area contributed by atoms with Gasteiger partial charge in [0.05, 0.1) is 25.8 Å². The molecule has 1 aliphatic rings. The van der Waals surface area contributed by atoms with E-state index in [1.54, 1.807) is 14.2 Å². The van der Waals surface area contributed by atoms with E-state index >= 15 is 0 Å². The van der Waals surface area contributed by atoms with Gasteiger partial charge in [0.1, 0.15) is 11.5 Å². The summed E-state index contributed by atoms with van der Waals surface area (Å²) in [4.78, 5) is 12.4. The molecule has 4 nitrogen and oxygen atoms in total. The fourth-order valence-electron chi connectivity index (χ4n) is 2.81. The summed E-state index contributed by atoms with van der Waals surface area (Å²) in [6, 6.07) is 11.1. The summed E-state index contributed by atoms with van der Waals surface area (Å²) in [5, 5.41) is 3.42. The molecular formula is C17H16BrNO3. The first-order chi connectivity index (χ1) is 10.6. The molecule has 2 aromatic rings. The van der Waals surface area contributed by atoms with Crippen LogP contribution in [0.4, 0.5) is 5.69 Å². The molecule has 0 spiro atoms. The molecule has 5 heteroatoms. The van der Waals surface area contributed by atoms with Crippen LogP contribution in [-0.2, 0) is 0 Å². The number of hydrogen-bond acceptors (Lipinski definition) is 4. The Morgan fingerprint density at radius 2 is 1.82 bits per heavy atom. The van der Waals surface area contributed by atoms with Crippen molar-refractivity contribution in [3.63, 3.8) is 0 Å². The van der Waals surface area contributed by atoms with Gasteiger partial charge < -0.3 is 14.8 Å². The molecule has 1 atom stereocenters. The van der Waals surface area contributed by atoms with Crippen molar-refractivity contribution in [3.05, 3.63) is 52.0 Å². The number of rotatable bonds is 3. The maximum absolute atomic E-state index is 12.4. The van der Waals surface area contributed by atoms with Crippen molar-refractivity contribution in [2.24, 2.45) is 0 Å². The number of methoxy groups -OCH3 is 2. The predicted molar refractivity (Wildman–Crippen MR) is 89.0 cm³/mol. The lowest BCUT2D eigenvalue weighted by Crippen LogP contribution is -2.23. The second kappa shape index (κ2) is 6.01. The van der Waals surface area contributed by atoms with Crippen molar-refractivity contribution in [1.82, 2.24) is 0 Å². The smallest absolute Gasteiger partial charge is 0.167 e. The van der Waals surface area contributed by atoms with E-state index in [-0.39, 0.29) is 11.8 Å². The molecule has 22 heavy (non-hydrogen) atoms. The molecule has 1 heterocycles. The Kier molecular flexibility index (Phi) is 4.07. The van der Waals surface area contributed by atoms with Gasteiger partial charge in [-0.05, 0) is 30.3 Å². The Balaban J connectivity index is 2.06. The maximum Gasteiger partial charge on any atom is 0.167 e. The first-order valence-corrected chi connectivity index (χ1v) is 7.73. The lowest BCUT2D eigenvalue weighted by molar-refractivity contribution is 0.0971. The van der Waals surface area contributed by atoms with Crippen molar-refractivity contribution in [2.45, 2.75) is 12.5 Å². The van der Waals surface area contributed by atoms with E-state index in [1.807, 2.05) is 36.4 Å². The fourth-order valence-corrected chi connectivity index (χ4v) is 3.17. The first kappa shape index (κ1) is 14.9. The number of nitrogens with one attached hydrogen (secondary N) is 1. The highest BCUT2D eigenvalue weighted by atomic mass is 79.9. The highest BCUT2D eigenvalue weighted by Crippen LogP contribution is 2.41. The van der Waals surface area contributed by atoms with E-state index in [0.29, 0.717) is 23.5 Å². The second-order valence-electron chi connectivity index (χ2n) is 5.09. The number of anilines is 1. The van der Waals surface area contributed by atoms with Crippen molar-refractivity contribution in [1.29, 1.82) is 0 Å². The molecule has 1 unspecified atom stereocenters. The standard InChI is InChI=1S/C17H16BrNO3/c1-21-15-4-3-5-16(22-2)17(15)13-9-14(20)11-7-6-10(18)8-12(11)19-13/h3-8,13,19H,9H2,1-2H3. The highest BCUT2D eigenvalue weighted by molar-refractivity contribution is 9.10. The van der Waals surface area contributed by atoms with Crippen LogP contribution in [0.15, 0.2) is 40.9 Å². The van der Waals surface area contributed by atoms with Crippen LogP contribution >= 0.6 is 15.9 Å². The van der Waals surface area contributed by atoms with Crippen molar-refractivity contribution in [2.75, 3.05) is 19.5 Å². The van der Waals surface area contributed by atoms with Gasteiger partial charge in [-0.1, -0.05) is 22.0 Å². The van der Waals surface area contributed by atoms with E-state index in [4.69, 9.17) is 9.47 Å². The second-order valence-corrected chi connectivity index (χ2v) is 6.01. The Labute approximate surface area is 137 Å². The van der Waals surface area contributed by atoms with Crippen molar-refractivity contribution < 1.29 is 14.3 Å². The summed E-state index contributed by atoms with van der Waals surface area (Å²) in [6.07, 6.45) is 0.366. The van der Waals surface area contributed by atoms with Crippen molar-refractivity contribution >= 4 is 27.4 Å². The predicted octanol–water partition coefficient (Wildman–Crippen LogP) is 4.21. The Bertz CT molecular complexity index is 708. The number of hydrogen-bond donors (Lipinski definition) is 1. The number of ketones is 1. The zero-order chi connectivity index (χ0) is 15.7. The molecule has 0 amide bonds. The van der Waals surface area contributed by atoms with Gasteiger partial charge in [0.2, 0.25) is 0 Å². The number of carbonyl (C=O) groups is 1. The Morgan fingerprint density at radius 3 is 2.45 bits per heavy atom. The van der Waals surface area contributed by atoms with Crippen LogP contribution < -0.4 is 14.8 Å². The zero-order valence-corrected chi connectivity index (χ0v) is 13.9. The van der Waals surface area contributed by atoms with Gasteiger partial charge in [0, 0.05) is 22.1 Å². The molecule has 114 valence electrons. The third kappa shape index (κ3) is 2.57. The van der Waals surface area contributed by atoms with E-state index < -0.39 is 0 Å². The summed E-state index contributed by atoms with van der Waals surface area (Å²) in [6.45, 7) is 0. The molecule has 3 rings (SSSR count). The summed E-state index contributed by atoms with van der Waals surface area (Å²) in [5.74, 6) is 1.53. The van der Waals surface area contributed by atoms with Gasteiger partial charge in [-0.2, -0.15) is 0 Å². The van der Waals surface area contributed by atoms with Gasteiger partial charge in [0.15, 0.2) is 5.78 Å². The van der Waals surface area contributed by atoms with Gasteiger partial charge in [-0.3, -0.25) is 4.79 Å². The monoisotopic (exact) mass is 361 g/mol. The SMILES string of the molecule is COc1cccc(OC)c1C1CC(=O)c2ccc(Br)cc2N1. The lowest BCUT2D eigenvalue weighted by Gasteiger charge is -2.28. The topological polar surface area (TPSA) is 47.6 Å². The molecule has 0 aliphatic carbocycles. The first-order valence-electron chi connectivity index (χ1n) is 6.94. The summed E-state index contributed by atoms with van der Waals surface area (Å²) < 4.78 is 11.8. The number of benzene rings is 2. The van der Waals surface area contributed by atoms with E-state index in [0.717, 1.165) is 15.7 Å². The number of halogens is 1. The normalized spacial score (nSPS) is 16.7. The van der Waals surface area contributed by atoms with Crippen LogP contribution in [-0.4, -0.2) is 20.0 Å². The molecule has 0 saturated carbocycles. The number of Topliss-reactive ketones (excluding diaryl/α,β-unsaturated/α-hetero) is 1. The van der Waals surface area contributed by atoms with Gasteiger partial charge in [0.25, 0.3) is 0 Å². The van der Waals surface area contributed by atoms with Gasteiger partial charge in [-0.25, -0.2) is 0 Å². The van der Waals surface area contributed by atoms with Crippen LogP contribution in [0.1, 0.15) is 28.4 Å². The quantitative estimate of drug-likeness (QED) is 0.889. The highest BCUT2D eigenvalue weighted by Gasteiger charge is 2.29. The van der Waals surface area contributed by atoms with Crippen molar-refractivity contribution in [3.8, 4) is 11.5 Å². The largest absolute Gasteiger partial charge is 0.496 e. The number of fused-ring (bicyclic) bond motifs is 1. The third-order valence-electron chi connectivity index (χ3n) is 3.82. The summed E-state index contributed by atoms with van der Waals surface area (Å²) in [5.41, 5.74) is 2.41. The van der Waals surface area contributed by atoms with Gasteiger partial charge in [-0.15, -0.1) is 0 Å². The van der Waals surface area contributed by atoms with Crippen LogP contribution in [0.3, 0.4) is 0 Å². The molecule has 0 aromatic heterocycles. The summed E-state index contributed by atoms with van der Waals surface area (Å²) in [7, 11) is 3.24. The molecule has 0 radical (unpaired) electrons. The minimum Gasteiger partial charge on any atom is -0.496 e. The maximum atomic E-state index is 12.4. The molecule has 1 N–H and O–H groups in total. The van der Waals surface area contributed by atoms with Crippen LogP contribution in [0.5, 0.6) is 11.5 Å². The minimum atomic E-state index is -0.180. The zero-order valence-electron chi connectivity index (χ0n) is 12.4. The number of ether oxygens (including phenoxy) is 2. The Hall–Kier alpha value is -2.01. The molecule has 1 aliphatic heterocycles. The average Bonchev–Trinajstić information content (AvgIpc) is 2.53. The molecule has 0 bridgehead atoms. The third-order valence-corrected chi connectivity index (χ3v) is 4.31. The van der Waals surface area contributed by atoms with Crippen LogP contribution in [0.2, 0.25) is 0 Å². The molecule has 0 fully saturated rings. The van der Waals surface area contributed by atoms with E-state index in [1.165, 1.54) is 0 Å².